The first-order chi connectivity index (χ1) is 4.88. The normalized spacial score (nSPS) is 22.2. The molecule has 10 heavy (non-hydrogen) atoms. The SMILES string of the molecule is O=C1NC=NN2CCC=C12. The van der Waals surface area contributed by atoms with E-state index in [2.05, 4.69) is 10.4 Å². The lowest BCUT2D eigenvalue weighted by Crippen LogP contribution is -2.35. The standard InChI is InChI=1S/C6H7N3O/c10-6-5-2-1-3-9(5)8-4-7-6/h2,4H,1,3H2,(H,7,8,10). The summed E-state index contributed by atoms with van der Waals surface area (Å²) in [4.78, 5) is 11.0. The van der Waals surface area contributed by atoms with Gasteiger partial charge in [0, 0.05) is 6.54 Å². The van der Waals surface area contributed by atoms with Gasteiger partial charge in [-0.15, -0.1) is 0 Å². The van der Waals surface area contributed by atoms with E-state index in [9.17, 15) is 4.79 Å². The third-order valence-electron chi connectivity index (χ3n) is 1.58. The Morgan fingerprint density at radius 1 is 1.70 bits per heavy atom. The van der Waals surface area contributed by atoms with Crippen LogP contribution in [-0.2, 0) is 4.79 Å². The average Bonchev–Trinajstić information content (AvgIpc) is 2.36. The summed E-state index contributed by atoms with van der Waals surface area (Å²) in [6, 6.07) is 0. The van der Waals surface area contributed by atoms with E-state index in [1.165, 1.54) is 6.34 Å². The molecule has 2 aliphatic rings. The summed E-state index contributed by atoms with van der Waals surface area (Å²) in [6.07, 6.45) is 4.23. The van der Waals surface area contributed by atoms with Crippen molar-refractivity contribution in [2.75, 3.05) is 6.54 Å². The lowest BCUT2D eigenvalue weighted by atomic mass is 10.4. The van der Waals surface area contributed by atoms with E-state index in [0.717, 1.165) is 13.0 Å². The summed E-state index contributed by atoms with van der Waals surface area (Å²) in [5.74, 6) is -0.0486. The quantitative estimate of drug-likeness (QED) is 0.496. The van der Waals surface area contributed by atoms with Crippen LogP contribution >= 0.6 is 0 Å². The summed E-state index contributed by atoms with van der Waals surface area (Å²) in [5.41, 5.74) is 0.683. The number of fused-ring (bicyclic) bond motifs is 1. The Balaban J connectivity index is 2.35. The van der Waals surface area contributed by atoms with E-state index in [-0.39, 0.29) is 5.91 Å². The molecule has 0 saturated carbocycles. The molecular formula is C6H7N3O. The molecule has 0 bridgehead atoms. The minimum atomic E-state index is -0.0486. The van der Waals surface area contributed by atoms with Crippen LogP contribution in [0.3, 0.4) is 0 Å². The Hall–Kier alpha value is -1.32. The summed E-state index contributed by atoms with van der Waals surface area (Å²) < 4.78 is 0. The van der Waals surface area contributed by atoms with Gasteiger partial charge in [-0.05, 0) is 6.42 Å². The highest BCUT2D eigenvalue weighted by molar-refractivity contribution is 6.01. The monoisotopic (exact) mass is 137 g/mol. The van der Waals surface area contributed by atoms with Crippen LogP contribution < -0.4 is 5.32 Å². The minimum Gasteiger partial charge on any atom is -0.310 e. The van der Waals surface area contributed by atoms with Gasteiger partial charge in [0.15, 0.2) is 0 Å². The van der Waals surface area contributed by atoms with Crippen LogP contribution in [0.15, 0.2) is 16.9 Å². The highest BCUT2D eigenvalue weighted by Crippen LogP contribution is 2.16. The van der Waals surface area contributed by atoms with Gasteiger partial charge in [-0.25, -0.2) is 0 Å². The molecule has 2 rings (SSSR count). The smallest absolute Gasteiger partial charge is 0.274 e. The number of hydrazone groups is 1. The first-order valence-electron chi connectivity index (χ1n) is 3.19. The number of carbonyl (C=O) groups excluding carboxylic acids is 1. The lowest BCUT2D eigenvalue weighted by molar-refractivity contribution is -0.117. The van der Waals surface area contributed by atoms with Crippen LogP contribution in [0.25, 0.3) is 0 Å². The van der Waals surface area contributed by atoms with Gasteiger partial charge in [-0.1, -0.05) is 6.08 Å². The van der Waals surface area contributed by atoms with Crippen LogP contribution in [0.5, 0.6) is 0 Å². The fourth-order valence-corrected chi connectivity index (χ4v) is 1.11. The third-order valence-corrected chi connectivity index (χ3v) is 1.58. The molecule has 2 aliphatic heterocycles. The number of amides is 1. The van der Waals surface area contributed by atoms with Crippen molar-refractivity contribution >= 4 is 12.2 Å². The molecule has 1 N–H and O–H groups in total. The van der Waals surface area contributed by atoms with Crippen LogP contribution in [0.4, 0.5) is 0 Å². The van der Waals surface area contributed by atoms with E-state index >= 15 is 0 Å². The van der Waals surface area contributed by atoms with Crippen molar-refractivity contribution < 1.29 is 4.79 Å². The van der Waals surface area contributed by atoms with Gasteiger partial charge in [0.2, 0.25) is 0 Å². The molecule has 4 heteroatoms. The predicted octanol–water partition coefficient (Wildman–Crippen LogP) is -0.351. The molecule has 0 spiro atoms. The maximum Gasteiger partial charge on any atom is 0.274 e. The number of nitrogens with one attached hydrogen (secondary N) is 1. The van der Waals surface area contributed by atoms with Crippen molar-refractivity contribution in [3.8, 4) is 0 Å². The van der Waals surface area contributed by atoms with Crippen molar-refractivity contribution in [1.29, 1.82) is 0 Å². The lowest BCUT2D eigenvalue weighted by Gasteiger charge is -2.18. The first-order valence-corrected chi connectivity index (χ1v) is 3.19. The van der Waals surface area contributed by atoms with Crippen LogP contribution in [0.1, 0.15) is 6.42 Å². The number of nitrogens with zero attached hydrogens (tertiary/aromatic N) is 2. The zero-order valence-electron chi connectivity index (χ0n) is 5.37. The minimum absolute atomic E-state index is 0.0486. The molecule has 0 aromatic heterocycles. The Kier molecular flexibility index (Phi) is 1.00. The van der Waals surface area contributed by atoms with Crippen LogP contribution in [0.2, 0.25) is 0 Å². The summed E-state index contributed by atoms with van der Waals surface area (Å²) in [6.45, 7) is 0.833. The molecule has 1 amide bonds. The predicted molar refractivity (Wildman–Crippen MR) is 36.0 cm³/mol. The maximum absolute atomic E-state index is 11.0. The first kappa shape index (κ1) is 5.46. The van der Waals surface area contributed by atoms with Crippen molar-refractivity contribution in [3.63, 3.8) is 0 Å². The van der Waals surface area contributed by atoms with Crippen molar-refractivity contribution in [3.05, 3.63) is 11.8 Å². The molecule has 0 aromatic carbocycles. The third kappa shape index (κ3) is 0.618. The molecule has 0 aliphatic carbocycles. The molecule has 2 heterocycles. The fourth-order valence-electron chi connectivity index (χ4n) is 1.11. The number of rotatable bonds is 0. The zero-order valence-corrected chi connectivity index (χ0v) is 5.37. The topological polar surface area (TPSA) is 44.7 Å². The van der Waals surface area contributed by atoms with Gasteiger partial charge in [0.1, 0.15) is 12.0 Å². The Morgan fingerprint density at radius 3 is 3.40 bits per heavy atom. The molecule has 52 valence electrons. The highest BCUT2D eigenvalue weighted by Gasteiger charge is 2.22. The fraction of sp³-hybridized carbons (Fsp3) is 0.333. The van der Waals surface area contributed by atoms with E-state index < -0.39 is 0 Å². The highest BCUT2D eigenvalue weighted by atomic mass is 16.2. The van der Waals surface area contributed by atoms with E-state index in [1.807, 2.05) is 6.08 Å². The molecule has 0 saturated heterocycles. The molecular weight excluding hydrogens is 130 g/mol. The van der Waals surface area contributed by atoms with Crippen molar-refractivity contribution in [2.24, 2.45) is 5.10 Å². The molecule has 0 atom stereocenters. The second kappa shape index (κ2) is 1.83. The molecule has 4 nitrogen and oxygen atoms in total. The Bertz CT molecular complexity index is 231. The van der Waals surface area contributed by atoms with Gasteiger partial charge in [-0.2, -0.15) is 5.10 Å². The van der Waals surface area contributed by atoms with E-state index in [4.69, 9.17) is 0 Å². The number of hydrogen-bond acceptors (Lipinski definition) is 3. The van der Waals surface area contributed by atoms with Crippen LogP contribution in [-0.4, -0.2) is 23.8 Å². The molecule has 0 unspecified atom stereocenters. The Morgan fingerprint density at radius 2 is 2.60 bits per heavy atom. The number of carbonyl (C=O) groups is 1. The van der Waals surface area contributed by atoms with Gasteiger partial charge in [0.05, 0.1) is 0 Å². The maximum atomic E-state index is 11.0. The Labute approximate surface area is 58.2 Å². The summed E-state index contributed by atoms with van der Waals surface area (Å²) >= 11 is 0. The second-order valence-corrected chi connectivity index (χ2v) is 2.22. The van der Waals surface area contributed by atoms with Gasteiger partial charge in [0.25, 0.3) is 5.91 Å². The van der Waals surface area contributed by atoms with Crippen LogP contribution in [0, 0.1) is 0 Å². The second-order valence-electron chi connectivity index (χ2n) is 2.22. The molecule has 0 radical (unpaired) electrons. The average molecular weight is 137 g/mol. The number of hydrogen-bond donors (Lipinski definition) is 1. The van der Waals surface area contributed by atoms with Crippen molar-refractivity contribution in [1.82, 2.24) is 10.3 Å². The summed E-state index contributed by atoms with van der Waals surface area (Å²) in [5, 5.41) is 8.17. The van der Waals surface area contributed by atoms with Crippen molar-refractivity contribution in [2.45, 2.75) is 6.42 Å². The molecule has 0 fully saturated rings. The van der Waals surface area contributed by atoms with Gasteiger partial charge in [-0.3, -0.25) is 9.80 Å². The zero-order chi connectivity index (χ0) is 6.97. The molecule has 0 aromatic rings. The largest absolute Gasteiger partial charge is 0.310 e. The van der Waals surface area contributed by atoms with E-state index in [0.29, 0.717) is 5.70 Å². The summed E-state index contributed by atoms with van der Waals surface area (Å²) in [7, 11) is 0. The van der Waals surface area contributed by atoms with E-state index in [1.54, 1.807) is 5.01 Å². The van der Waals surface area contributed by atoms with Gasteiger partial charge >= 0.3 is 0 Å². The van der Waals surface area contributed by atoms with Gasteiger partial charge < -0.3 is 5.32 Å².